The van der Waals surface area contributed by atoms with Gasteiger partial charge in [0.1, 0.15) is 6.17 Å². The Morgan fingerprint density at radius 2 is 1.53 bits per heavy atom. The van der Waals surface area contributed by atoms with Gasteiger partial charge in [-0.05, 0) is 83.2 Å². The zero-order valence-electron chi connectivity index (χ0n) is 24.1. The van der Waals surface area contributed by atoms with Crippen LogP contribution in [0.2, 0.25) is 0 Å². The van der Waals surface area contributed by atoms with Crippen LogP contribution in [-0.4, -0.2) is 5.71 Å². The number of hydrogen-bond donors (Lipinski definition) is 0. The molecule has 0 spiro atoms. The van der Waals surface area contributed by atoms with Gasteiger partial charge in [-0.25, -0.2) is 4.39 Å². The molecule has 3 heteroatoms. The number of benzene rings is 1. The number of rotatable bonds is 7. The van der Waals surface area contributed by atoms with Crippen molar-refractivity contribution in [2.24, 2.45) is 4.99 Å². The highest BCUT2D eigenvalue weighted by Gasteiger charge is 2.08. The third-order valence-electron chi connectivity index (χ3n) is 4.62. The van der Waals surface area contributed by atoms with Gasteiger partial charge in [-0.2, -0.15) is 0 Å². The lowest BCUT2D eigenvalue weighted by Crippen LogP contribution is -1.95. The number of alkyl halides is 1. The highest BCUT2D eigenvalue weighted by atomic mass is 35.5. The molecule has 1 aromatic carbocycles. The van der Waals surface area contributed by atoms with Gasteiger partial charge in [0.15, 0.2) is 0 Å². The van der Waals surface area contributed by atoms with E-state index in [1.807, 2.05) is 67.5 Å². The Morgan fingerprint density at radius 3 is 1.82 bits per heavy atom. The molecule has 1 unspecified atom stereocenters. The first-order chi connectivity index (χ1) is 15.8. The van der Waals surface area contributed by atoms with Gasteiger partial charge in [0, 0.05) is 16.3 Å². The molecule has 194 valence electrons. The molecule has 0 saturated carbocycles. The number of aliphatic imine (C=N–C) groups is 1. The monoisotopic (exact) mass is 491 g/mol. The molecule has 0 saturated heterocycles. The van der Waals surface area contributed by atoms with Crippen LogP contribution >= 0.6 is 11.6 Å². The molecule has 0 aromatic heterocycles. The standard InChI is InChI=1S/C14H20ClN.C11H15F.C4H10.C2H6/c1-9(2)13(8-12(7)15)14(10(3)4)16-11(5)6;1-4-10-6-5-7-11(8(10)2)9(3)12;1-3-4-2;1-2/h8H,1,7H2,2-6H3;5-7,9H,4H2,1-3H3;3-4H2,1-2H3;1-2H3/b13-8-;;;. The van der Waals surface area contributed by atoms with Crippen molar-refractivity contribution in [2.45, 2.75) is 109 Å². The fourth-order valence-electron chi connectivity index (χ4n) is 2.73. The molecule has 1 rings (SSSR count). The summed E-state index contributed by atoms with van der Waals surface area (Å²) in [5, 5.41) is 0.487. The van der Waals surface area contributed by atoms with E-state index < -0.39 is 6.17 Å². The van der Waals surface area contributed by atoms with E-state index in [4.69, 9.17) is 11.6 Å². The summed E-state index contributed by atoms with van der Waals surface area (Å²) in [5.74, 6) is 0. The Hall–Kier alpha value is -1.93. The smallest absolute Gasteiger partial charge is 0.123 e. The summed E-state index contributed by atoms with van der Waals surface area (Å²) in [6.45, 7) is 31.6. The number of halogens is 2. The number of unbranched alkanes of at least 4 members (excludes halogenated alkanes) is 1. The normalized spacial score (nSPS) is 10.7. The van der Waals surface area contributed by atoms with Crippen molar-refractivity contribution in [3.05, 3.63) is 81.6 Å². The van der Waals surface area contributed by atoms with Gasteiger partial charge in [-0.3, -0.25) is 4.99 Å². The summed E-state index contributed by atoms with van der Waals surface area (Å²) in [5.41, 5.74) is 8.12. The van der Waals surface area contributed by atoms with E-state index in [1.165, 1.54) is 18.4 Å². The average Bonchev–Trinajstić information content (AvgIpc) is 2.77. The summed E-state index contributed by atoms with van der Waals surface area (Å²) in [6, 6.07) is 5.84. The van der Waals surface area contributed by atoms with E-state index in [2.05, 4.69) is 45.0 Å². The van der Waals surface area contributed by atoms with Crippen molar-refractivity contribution in [3.63, 3.8) is 0 Å². The van der Waals surface area contributed by atoms with Crippen molar-refractivity contribution in [1.29, 1.82) is 0 Å². The molecule has 0 aliphatic heterocycles. The summed E-state index contributed by atoms with van der Waals surface area (Å²) < 4.78 is 13.0. The van der Waals surface area contributed by atoms with Crippen molar-refractivity contribution in [2.75, 3.05) is 0 Å². The Bertz CT molecular complexity index is 816. The Kier molecular flexibility index (Phi) is 23.3. The molecule has 1 nitrogen and oxygen atoms in total. The van der Waals surface area contributed by atoms with Gasteiger partial charge in [0.25, 0.3) is 0 Å². The first kappa shape index (κ1) is 36.6. The molecule has 0 aliphatic rings. The van der Waals surface area contributed by atoms with Crippen LogP contribution in [0.4, 0.5) is 4.39 Å². The third-order valence-corrected chi connectivity index (χ3v) is 4.73. The van der Waals surface area contributed by atoms with Crippen LogP contribution in [0.15, 0.2) is 69.9 Å². The lowest BCUT2D eigenvalue weighted by molar-refractivity contribution is 0.372. The van der Waals surface area contributed by atoms with E-state index in [-0.39, 0.29) is 0 Å². The van der Waals surface area contributed by atoms with Crippen LogP contribution in [0.25, 0.3) is 0 Å². The number of hydrogen-bond acceptors (Lipinski definition) is 1. The second kappa shape index (κ2) is 21.6. The molecule has 0 fully saturated rings. The molecule has 0 amide bonds. The van der Waals surface area contributed by atoms with Gasteiger partial charge in [0.2, 0.25) is 0 Å². The minimum atomic E-state index is -0.850. The van der Waals surface area contributed by atoms with Gasteiger partial charge in [-0.15, -0.1) is 0 Å². The lowest BCUT2D eigenvalue weighted by atomic mass is 9.98. The SMILES string of the molecule is C=C(Cl)/C=C(/C(=C)C)C(N=C(C)C)=C(C)C.CC.CCCC.CCc1cccc(C(C)F)c1C. The number of aryl methyl sites for hydroxylation is 1. The second-order valence-electron chi connectivity index (χ2n) is 8.29. The maximum atomic E-state index is 13.0. The van der Waals surface area contributed by atoms with Crippen LogP contribution in [0.3, 0.4) is 0 Å². The molecule has 0 N–H and O–H groups in total. The van der Waals surface area contributed by atoms with Crippen LogP contribution in [0, 0.1) is 6.92 Å². The second-order valence-corrected chi connectivity index (χ2v) is 8.78. The predicted octanol–water partition coefficient (Wildman–Crippen LogP) is 11.4. The zero-order valence-corrected chi connectivity index (χ0v) is 24.9. The lowest BCUT2D eigenvalue weighted by Gasteiger charge is -2.11. The molecule has 0 bridgehead atoms. The summed E-state index contributed by atoms with van der Waals surface area (Å²) in [7, 11) is 0. The molecule has 0 heterocycles. The first-order valence-electron chi connectivity index (χ1n) is 12.5. The topological polar surface area (TPSA) is 12.4 Å². The van der Waals surface area contributed by atoms with Crippen molar-refractivity contribution in [3.8, 4) is 0 Å². The van der Waals surface area contributed by atoms with E-state index in [1.54, 1.807) is 13.0 Å². The number of allylic oxidation sites excluding steroid dienone is 4. The largest absolute Gasteiger partial charge is 0.258 e. The van der Waals surface area contributed by atoms with Gasteiger partial charge in [-0.1, -0.05) is 96.0 Å². The quantitative estimate of drug-likeness (QED) is 0.265. The first-order valence-corrected chi connectivity index (χ1v) is 12.9. The molecule has 0 radical (unpaired) electrons. The Balaban J connectivity index is -0.000000468. The van der Waals surface area contributed by atoms with Gasteiger partial charge >= 0.3 is 0 Å². The van der Waals surface area contributed by atoms with E-state index >= 15 is 0 Å². The van der Waals surface area contributed by atoms with Gasteiger partial charge in [0.05, 0.1) is 5.70 Å². The maximum Gasteiger partial charge on any atom is 0.123 e. The van der Waals surface area contributed by atoms with Gasteiger partial charge < -0.3 is 0 Å². The van der Waals surface area contributed by atoms with Crippen molar-refractivity contribution < 1.29 is 4.39 Å². The highest BCUT2D eigenvalue weighted by Crippen LogP contribution is 2.25. The molecular weight excluding hydrogens is 441 g/mol. The minimum Gasteiger partial charge on any atom is -0.258 e. The highest BCUT2D eigenvalue weighted by molar-refractivity contribution is 6.31. The summed E-state index contributed by atoms with van der Waals surface area (Å²) in [6.07, 6.45) is 4.57. The Labute approximate surface area is 216 Å². The fourth-order valence-corrected chi connectivity index (χ4v) is 2.84. The minimum absolute atomic E-state index is 0.487. The molecular formula is C31H51ClFN. The molecule has 1 atom stereocenters. The van der Waals surface area contributed by atoms with Crippen LogP contribution < -0.4 is 0 Å². The number of nitrogens with zero attached hydrogens (tertiary/aromatic N) is 1. The van der Waals surface area contributed by atoms with E-state index in [0.717, 1.165) is 45.7 Å². The summed E-state index contributed by atoms with van der Waals surface area (Å²) in [4.78, 5) is 4.52. The van der Waals surface area contributed by atoms with Crippen molar-refractivity contribution in [1.82, 2.24) is 0 Å². The van der Waals surface area contributed by atoms with E-state index in [0.29, 0.717) is 5.03 Å². The predicted molar refractivity (Wildman–Crippen MR) is 157 cm³/mol. The third kappa shape index (κ3) is 16.6. The van der Waals surface area contributed by atoms with Crippen molar-refractivity contribution >= 4 is 17.3 Å². The molecule has 34 heavy (non-hydrogen) atoms. The van der Waals surface area contributed by atoms with Crippen LogP contribution in [0.5, 0.6) is 0 Å². The fraction of sp³-hybridized carbons (Fsp3) is 0.516. The molecule has 0 aliphatic carbocycles. The molecule has 1 aromatic rings. The maximum absolute atomic E-state index is 13.0. The van der Waals surface area contributed by atoms with E-state index in [9.17, 15) is 4.39 Å². The Morgan fingerprint density at radius 1 is 1.03 bits per heavy atom. The zero-order chi connectivity index (χ0) is 27.4. The van der Waals surface area contributed by atoms with Crippen LogP contribution in [-0.2, 0) is 6.42 Å². The average molecular weight is 492 g/mol. The summed E-state index contributed by atoms with van der Waals surface area (Å²) >= 11 is 5.82. The van der Waals surface area contributed by atoms with Crippen LogP contribution in [0.1, 0.15) is 112 Å².